The molecule has 0 radical (unpaired) electrons. The molecule has 0 fully saturated rings. The Morgan fingerprint density at radius 1 is 1.21 bits per heavy atom. The maximum Gasteiger partial charge on any atom is 0.322 e. The summed E-state index contributed by atoms with van der Waals surface area (Å²) in [5.74, 6) is 0.499. The molecule has 0 saturated heterocycles. The highest BCUT2D eigenvalue weighted by Crippen LogP contribution is 2.23. The SMILES string of the molecule is Cc1cccc(C)c1NC(=O)N(C)C(C)c1nc2ccc(Cl)cc2c(=O)n1C. The van der Waals surface area contributed by atoms with Crippen molar-refractivity contribution in [2.24, 2.45) is 7.05 Å². The zero-order valence-corrected chi connectivity index (χ0v) is 17.3. The first-order valence-corrected chi connectivity index (χ1v) is 9.34. The minimum atomic E-state index is -0.415. The van der Waals surface area contributed by atoms with Gasteiger partial charge < -0.3 is 10.2 Å². The van der Waals surface area contributed by atoms with Crippen LogP contribution in [0.2, 0.25) is 5.02 Å². The molecule has 146 valence electrons. The topological polar surface area (TPSA) is 67.2 Å². The third kappa shape index (κ3) is 3.60. The summed E-state index contributed by atoms with van der Waals surface area (Å²) < 4.78 is 1.46. The first-order chi connectivity index (χ1) is 13.2. The van der Waals surface area contributed by atoms with Crippen molar-refractivity contribution in [1.82, 2.24) is 14.5 Å². The molecule has 0 bridgehead atoms. The number of nitrogens with zero attached hydrogens (tertiary/aromatic N) is 3. The lowest BCUT2D eigenvalue weighted by Crippen LogP contribution is -2.37. The van der Waals surface area contributed by atoms with E-state index in [9.17, 15) is 9.59 Å². The Kier molecular flexibility index (Phi) is 5.42. The number of carbonyl (C=O) groups excluding carboxylic acids is 1. The molecule has 1 heterocycles. The standard InChI is InChI=1S/C21H23ClN4O2/c1-12-7-6-8-13(2)18(12)24-21(28)25(4)14(3)19-23-17-10-9-15(22)11-16(17)20(27)26(19)5/h6-11,14H,1-5H3,(H,24,28). The highest BCUT2D eigenvalue weighted by atomic mass is 35.5. The number of carbonyl (C=O) groups is 1. The second-order valence-corrected chi connectivity index (χ2v) is 7.42. The summed E-state index contributed by atoms with van der Waals surface area (Å²) in [6.45, 7) is 5.74. The average molecular weight is 399 g/mol. The summed E-state index contributed by atoms with van der Waals surface area (Å²) in [6, 6.07) is 10.2. The smallest absolute Gasteiger partial charge is 0.318 e. The van der Waals surface area contributed by atoms with E-state index in [2.05, 4.69) is 10.3 Å². The number of fused-ring (bicyclic) bond motifs is 1. The van der Waals surface area contributed by atoms with Crippen LogP contribution < -0.4 is 10.9 Å². The Morgan fingerprint density at radius 3 is 2.50 bits per heavy atom. The zero-order chi connectivity index (χ0) is 20.6. The van der Waals surface area contributed by atoms with E-state index in [0.717, 1.165) is 16.8 Å². The molecular weight excluding hydrogens is 376 g/mol. The fourth-order valence-electron chi connectivity index (χ4n) is 3.19. The van der Waals surface area contributed by atoms with Gasteiger partial charge in [0.05, 0.1) is 16.9 Å². The van der Waals surface area contributed by atoms with Gasteiger partial charge in [0, 0.05) is 24.8 Å². The number of amides is 2. The molecule has 3 aromatic rings. The summed E-state index contributed by atoms with van der Waals surface area (Å²) in [6.07, 6.45) is 0. The van der Waals surface area contributed by atoms with Gasteiger partial charge in [-0.15, -0.1) is 0 Å². The molecule has 0 aliphatic carbocycles. The number of rotatable bonds is 3. The number of aryl methyl sites for hydroxylation is 2. The Morgan fingerprint density at radius 2 is 1.86 bits per heavy atom. The largest absolute Gasteiger partial charge is 0.322 e. The second kappa shape index (κ2) is 7.64. The molecular formula is C21H23ClN4O2. The van der Waals surface area contributed by atoms with Crippen LogP contribution in [0.5, 0.6) is 0 Å². The van der Waals surface area contributed by atoms with Gasteiger partial charge in [0.1, 0.15) is 5.82 Å². The Hall–Kier alpha value is -2.86. The summed E-state index contributed by atoms with van der Waals surface area (Å²) in [5, 5.41) is 3.90. The molecule has 1 unspecified atom stereocenters. The van der Waals surface area contributed by atoms with Gasteiger partial charge >= 0.3 is 6.03 Å². The Bertz CT molecular complexity index is 1100. The van der Waals surface area contributed by atoms with Crippen LogP contribution in [-0.4, -0.2) is 27.5 Å². The van der Waals surface area contributed by atoms with E-state index in [1.165, 1.54) is 9.47 Å². The minimum Gasteiger partial charge on any atom is -0.318 e. The van der Waals surface area contributed by atoms with Gasteiger partial charge in [0.25, 0.3) is 5.56 Å². The first-order valence-electron chi connectivity index (χ1n) is 8.97. The predicted molar refractivity (Wildman–Crippen MR) is 113 cm³/mol. The van der Waals surface area contributed by atoms with E-state index in [1.807, 2.05) is 39.0 Å². The zero-order valence-electron chi connectivity index (χ0n) is 16.6. The molecule has 0 saturated carbocycles. The third-order valence-electron chi connectivity index (χ3n) is 5.06. The quantitative estimate of drug-likeness (QED) is 0.709. The lowest BCUT2D eigenvalue weighted by atomic mass is 10.1. The van der Waals surface area contributed by atoms with Gasteiger partial charge in [-0.2, -0.15) is 0 Å². The van der Waals surface area contributed by atoms with Crippen molar-refractivity contribution in [3.63, 3.8) is 0 Å². The fourth-order valence-corrected chi connectivity index (χ4v) is 3.36. The van der Waals surface area contributed by atoms with Crippen molar-refractivity contribution in [2.45, 2.75) is 26.8 Å². The molecule has 1 aromatic heterocycles. The molecule has 6 nitrogen and oxygen atoms in total. The maximum absolute atomic E-state index is 12.8. The summed E-state index contributed by atoms with van der Waals surface area (Å²) in [5.41, 5.74) is 3.13. The van der Waals surface area contributed by atoms with Crippen LogP contribution in [-0.2, 0) is 7.05 Å². The van der Waals surface area contributed by atoms with Crippen LogP contribution in [0.25, 0.3) is 10.9 Å². The average Bonchev–Trinajstić information content (AvgIpc) is 2.66. The van der Waals surface area contributed by atoms with Gasteiger partial charge in [-0.3, -0.25) is 9.36 Å². The minimum absolute atomic E-state index is 0.196. The molecule has 1 atom stereocenters. The molecule has 28 heavy (non-hydrogen) atoms. The number of anilines is 1. The lowest BCUT2D eigenvalue weighted by Gasteiger charge is -2.27. The van der Waals surface area contributed by atoms with E-state index in [4.69, 9.17) is 11.6 Å². The summed E-state index contributed by atoms with van der Waals surface area (Å²) in [7, 11) is 3.34. The highest BCUT2D eigenvalue weighted by molar-refractivity contribution is 6.31. The van der Waals surface area contributed by atoms with Gasteiger partial charge in [0.15, 0.2) is 0 Å². The summed E-state index contributed by atoms with van der Waals surface area (Å²) in [4.78, 5) is 31.7. The number of nitrogens with one attached hydrogen (secondary N) is 1. The summed E-state index contributed by atoms with van der Waals surface area (Å²) >= 11 is 6.00. The van der Waals surface area contributed by atoms with Gasteiger partial charge in [0.2, 0.25) is 0 Å². The first kappa shape index (κ1) is 19.9. The highest BCUT2D eigenvalue weighted by Gasteiger charge is 2.23. The van der Waals surface area contributed by atoms with Crippen molar-refractivity contribution >= 4 is 34.2 Å². The molecule has 1 N–H and O–H groups in total. The molecule has 0 aliphatic heterocycles. The van der Waals surface area contributed by atoms with Crippen LogP contribution in [0.4, 0.5) is 10.5 Å². The van der Waals surface area contributed by atoms with Crippen LogP contribution >= 0.6 is 11.6 Å². The van der Waals surface area contributed by atoms with Crippen LogP contribution in [0.15, 0.2) is 41.2 Å². The normalized spacial score (nSPS) is 12.1. The monoisotopic (exact) mass is 398 g/mol. The molecule has 3 rings (SSSR count). The maximum atomic E-state index is 12.8. The van der Waals surface area contributed by atoms with Crippen LogP contribution in [0.1, 0.15) is 29.9 Å². The van der Waals surface area contributed by atoms with E-state index >= 15 is 0 Å². The number of hydrogen-bond acceptors (Lipinski definition) is 3. The van der Waals surface area contributed by atoms with Crippen molar-refractivity contribution < 1.29 is 4.79 Å². The number of urea groups is 1. The number of halogens is 1. The van der Waals surface area contributed by atoms with Crippen molar-refractivity contribution in [3.05, 3.63) is 68.7 Å². The van der Waals surface area contributed by atoms with E-state index in [0.29, 0.717) is 21.7 Å². The van der Waals surface area contributed by atoms with Crippen LogP contribution in [0, 0.1) is 13.8 Å². The molecule has 7 heteroatoms. The predicted octanol–water partition coefficient (Wildman–Crippen LogP) is 4.43. The van der Waals surface area contributed by atoms with E-state index < -0.39 is 6.04 Å². The van der Waals surface area contributed by atoms with Crippen molar-refractivity contribution in [3.8, 4) is 0 Å². The molecule has 2 amide bonds. The van der Waals surface area contributed by atoms with E-state index in [-0.39, 0.29) is 11.6 Å². The van der Waals surface area contributed by atoms with Crippen molar-refractivity contribution in [2.75, 3.05) is 12.4 Å². The van der Waals surface area contributed by atoms with Crippen LogP contribution in [0.3, 0.4) is 0 Å². The van der Waals surface area contributed by atoms with Gasteiger partial charge in [-0.25, -0.2) is 9.78 Å². The lowest BCUT2D eigenvalue weighted by molar-refractivity contribution is 0.205. The molecule has 0 aliphatic rings. The number of para-hydroxylation sites is 1. The molecule has 0 spiro atoms. The molecule has 2 aromatic carbocycles. The van der Waals surface area contributed by atoms with E-state index in [1.54, 1.807) is 32.3 Å². The van der Waals surface area contributed by atoms with Gasteiger partial charge in [-0.1, -0.05) is 29.8 Å². The van der Waals surface area contributed by atoms with Gasteiger partial charge in [-0.05, 0) is 50.1 Å². The van der Waals surface area contributed by atoms with Crippen molar-refractivity contribution in [1.29, 1.82) is 0 Å². The number of hydrogen-bond donors (Lipinski definition) is 1. The second-order valence-electron chi connectivity index (χ2n) is 6.98. The number of benzene rings is 2. The fraction of sp³-hybridized carbons (Fsp3) is 0.286. The third-order valence-corrected chi connectivity index (χ3v) is 5.30. The Labute approximate surface area is 168 Å². The Balaban J connectivity index is 1.94. The number of aromatic nitrogens is 2.